The number of furan rings is 1. The standard InChI is InChI=1S/C22H29NO3/c24-22(23-10-5-11-25-19-8-2-1-3-9-19)14-18-15-26-21-13-17-7-4-6-16(17)12-20(18)21/h12-13,15,19H,1-11,14H2,(H,23,24). The highest BCUT2D eigenvalue weighted by molar-refractivity contribution is 5.88. The lowest BCUT2D eigenvalue weighted by Crippen LogP contribution is -2.27. The highest BCUT2D eigenvalue weighted by Gasteiger charge is 2.17. The number of hydrogen-bond acceptors (Lipinski definition) is 3. The minimum Gasteiger partial charge on any atom is -0.464 e. The van der Waals surface area contributed by atoms with Gasteiger partial charge in [0.15, 0.2) is 0 Å². The second kappa shape index (κ2) is 8.26. The van der Waals surface area contributed by atoms with Crippen LogP contribution in [-0.2, 0) is 28.8 Å². The Morgan fingerprint density at radius 3 is 2.77 bits per heavy atom. The van der Waals surface area contributed by atoms with E-state index >= 15 is 0 Å². The van der Waals surface area contributed by atoms with Gasteiger partial charge in [-0.2, -0.15) is 0 Å². The maximum atomic E-state index is 12.3. The topological polar surface area (TPSA) is 51.5 Å². The van der Waals surface area contributed by atoms with Crippen LogP contribution in [0.25, 0.3) is 11.0 Å². The van der Waals surface area contributed by atoms with Crippen molar-refractivity contribution < 1.29 is 13.9 Å². The van der Waals surface area contributed by atoms with Crippen molar-refractivity contribution in [1.82, 2.24) is 5.32 Å². The number of benzene rings is 1. The van der Waals surface area contributed by atoms with Gasteiger partial charge in [-0.05, 0) is 61.8 Å². The number of ether oxygens (including phenoxy) is 1. The van der Waals surface area contributed by atoms with Crippen LogP contribution in [0.1, 0.15) is 61.6 Å². The van der Waals surface area contributed by atoms with Gasteiger partial charge in [-0.1, -0.05) is 19.3 Å². The Bertz CT molecular complexity index is 758. The number of carbonyl (C=O) groups is 1. The molecule has 1 fully saturated rings. The van der Waals surface area contributed by atoms with E-state index in [0.717, 1.165) is 42.4 Å². The smallest absolute Gasteiger partial charge is 0.224 e. The number of nitrogens with one attached hydrogen (secondary N) is 1. The summed E-state index contributed by atoms with van der Waals surface area (Å²) in [5, 5.41) is 4.11. The van der Waals surface area contributed by atoms with Crippen molar-refractivity contribution >= 4 is 16.9 Å². The molecule has 0 unspecified atom stereocenters. The normalized spacial score (nSPS) is 17.5. The highest BCUT2D eigenvalue weighted by atomic mass is 16.5. The molecule has 4 rings (SSSR count). The van der Waals surface area contributed by atoms with Crippen molar-refractivity contribution in [3.8, 4) is 0 Å². The van der Waals surface area contributed by atoms with Gasteiger partial charge in [0.05, 0.1) is 18.8 Å². The minimum absolute atomic E-state index is 0.0610. The van der Waals surface area contributed by atoms with Gasteiger partial charge >= 0.3 is 0 Å². The summed E-state index contributed by atoms with van der Waals surface area (Å²) in [7, 11) is 0. The molecule has 1 amide bonds. The first-order chi connectivity index (χ1) is 12.8. The first-order valence-corrected chi connectivity index (χ1v) is 10.2. The molecule has 4 heteroatoms. The predicted molar refractivity (Wildman–Crippen MR) is 102 cm³/mol. The van der Waals surface area contributed by atoms with E-state index in [1.807, 2.05) is 0 Å². The van der Waals surface area contributed by atoms with Crippen LogP contribution < -0.4 is 5.32 Å². The third kappa shape index (κ3) is 4.12. The van der Waals surface area contributed by atoms with Crippen molar-refractivity contribution in [1.29, 1.82) is 0 Å². The first kappa shape index (κ1) is 17.6. The predicted octanol–water partition coefficient (Wildman–Crippen LogP) is 4.32. The van der Waals surface area contributed by atoms with Gasteiger partial charge in [0.2, 0.25) is 5.91 Å². The van der Waals surface area contributed by atoms with Crippen molar-refractivity contribution in [3.05, 3.63) is 35.1 Å². The maximum absolute atomic E-state index is 12.3. The van der Waals surface area contributed by atoms with E-state index < -0.39 is 0 Å². The average Bonchev–Trinajstić information content (AvgIpc) is 3.27. The molecule has 26 heavy (non-hydrogen) atoms. The fraction of sp³-hybridized carbons (Fsp3) is 0.591. The molecule has 2 aliphatic rings. The lowest BCUT2D eigenvalue weighted by molar-refractivity contribution is -0.120. The van der Waals surface area contributed by atoms with Crippen LogP contribution in [0.5, 0.6) is 0 Å². The summed E-state index contributed by atoms with van der Waals surface area (Å²) in [6, 6.07) is 4.38. The highest BCUT2D eigenvalue weighted by Crippen LogP contribution is 2.30. The van der Waals surface area contributed by atoms with E-state index in [4.69, 9.17) is 9.15 Å². The molecule has 1 N–H and O–H groups in total. The summed E-state index contributed by atoms with van der Waals surface area (Å²) in [6.07, 6.45) is 13.3. The molecule has 1 saturated carbocycles. The SMILES string of the molecule is O=C(Cc1coc2cc3c(cc12)CCC3)NCCCOC1CCCCC1. The van der Waals surface area contributed by atoms with Crippen LogP contribution in [0.3, 0.4) is 0 Å². The fourth-order valence-corrected chi connectivity index (χ4v) is 4.30. The van der Waals surface area contributed by atoms with E-state index in [0.29, 0.717) is 19.1 Å². The van der Waals surface area contributed by atoms with Gasteiger partial charge in [0.1, 0.15) is 5.58 Å². The summed E-state index contributed by atoms with van der Waals surface area (Å²) >= 11 is 0. The molecule has 0 spiro atoms. The summed E-state index contributed by atoms with van der Waals surface area (Å²) in [5.74, 6) is 0.0610. The van der Waals surface area contributed by atoms with E-state index in [-0.39, 0.29) is 5.91 Å². The molecule has 2 aromatic rings. The van der Waals surface area contributed by atoms with Crippen molar-refractivity contribution in [3.63, 3.8) is 0 Å². The monoisotopic (exact) mass is 355 g/mol. The molecule has 1 aromatic carbocycles. The van der Waals surface area contributed by atoms with Crippen LogP contribution >= 0.6 is 0 Å². The summed E-state index contributed by atoms with van der Waals surface area (Å²) < 4.78 is 11.6. The second-order valence-electron chi connectivity index (χ2n) is 7.74. The van der Waals surface area contributed by atoms with Crippen molar-refractivity contribution in [2.75, 3.05) is 13.2 Å². The lowest BCUT2D eigenvalue weighted by Gasteiger charge is -2.21. The zero-order valence-corrected chi connectivity index (χ0v) is 15.5. The third-order valence-corrected chi connectivity index (χ3v) is 5.77. The molecule has 0 radical (unpaired) electrons. The fourth-order valence-electron chi connectivity index (χ4n) is 4.30. The van der Waals surface area contributed by atoms with Crippen LogP contribution in [0, 0.1) is 0 Å². The van der Waals surface area contributed by atoms with E-state index in [1.165, 1.54) is 49.7 Å². The quantitative estimate of drug-likeness (QED) is 0.753. The Morgan fingerprint density at radius 1 is 1.12 bits per heavy atom. The van der Waals surface area contributed by atoms with Gasteiger partial charge in [-0.3, -0.25) is 4.79 Å². The summed E-state index contributed by atoms with van der Waals surface area (Å²) in [4.78, 5) is 12.3. The third-order valence-electron chi connectivity index (χ3n) is 5.77. The molecule has 1 heterocycles. The van der Waals surface area contributed by atoms with E-state index in [9.17, 15) is 4.79 Å². The number of aryl methyl sites for hydroxylation is 2. The van der Waals surface area contributed by atoms with Gasteiger partial charge in [-0.25, -0.2) is 0 Å². The summed E-state index contributed by atoms with van der Waals surface area (Å²) in [5.41, 5.74) is 4.72. The molecular weight excluding hydrogens is 326 g/mol. The lowest BCUT2D eigenvalue weighted by atomic mass is 9.98. The van der Waals surface area contributed by atoms with E-state index in [2.05, 4.69) is 17.4 Å². The number of rotatable bonds is 7. The number of hydrogen-bond donors (Lipinski definition) is 1. The Morgan fingerprint density at radius 2 is 1.92 bits per heavy atom. The zero-order chi connectivity index (χ0) is 17.8. The Labute approximate surface area is 155 Å². The number of fused-ring (bicyclic) bond motifs is 2. The molecule has 140 valence electrons. The summed E-state index contributed by atoms with van der Waals surface area (Å²) in [6.45, 7) is 1.42. The molecule has 1 aromatic heterocycles. The molecule has 0 saturated heterocycles. The van der Waals surface area contributed by atoms with Crippen LogP contribution in [-0.4, -0.2) is 25.2 Å². The van der Waals surface area contributed by atoms with Crippen LogP contribution in [0.4, 0.5) is 0 Å². The molecule has 2 aliphatic carbocycles. The van der Waals surface area contributed by atoms with Crippen molar-refractivity contribution in [2.45, 2.75) is 70.3 Å². The Kier molecular flexibility index (Phi) is 5.59. The number of amides is 1. The van der Waals surface area contributed by atoms with Crippen LogP contribution in [0.15, 0.2) is 22.8 Å². The first-order valence-electron chi connectivity index (χ1n) is 10.2. The molecule has 0 bridgehead atoms. The molecule has 0 atom stereocenters. The second-order valence-corrected chi connectivity index (χ2v) is 7.74. The van der Waals surface area contributed by atoms with Gasteiger partial charge in [-0.15, -0.1) is 0 Å². The molecular formula is C22H29NO3. The average molecular weight is 355 g/mol. The Hall–Kier alpha value is -1.81. The zero-order valence-electron chi connectivity index (χ0n) is 15.5. The van der Waals surface area contributed by atoms with Crippen molar-refractivity contribution in [2.24, 2.45) is 0 Å². The van der Waals surface area contributed by atoms with Gasteiger partial charge in [0, 0.05) is 24.1 Å². The largest absolute Gasteiger partial charge is 0.464 e. The minimum atomic E-state index is 0.0610. The Balaban J connectivity index is 1.23. The molecule has 4 nitrogen and oxygen atoms in total. The van der Waals surface area contributed by atoms with Gasteiger partial charge in [0.25, 0.3) is 0 Å². The molecule has 0 aliphatic heterocycles. The maximum Gasteiger partial charge on any atom is 0.224 e. The number of carbonyl (C=O) groups excluding carboxylic acids is 1. The van der Waals surface area contributed by atoms with Gasteiger partial charge < -0.3 is 14.5 Å². The van der Waals surface area contributed by atoms with E-state index in [1.54, 1.807) is 6.26 Å². The van der Waals surface area contributed by atoms with Crippen LogP contribution in [0.2, 0.25) is 0 Å².